The van der Waals surface area contributed by atoms with Crippen molar-refractivity contribution in [2.75, 3.05) is 24.5 Å². The van der Waals surface area contributed by atoms with Gasteiger partial charge in [0.25, 0.3) is 0 Å². The van der Waals surface area contributed by atoms with Gasteiger partial charge in [-0.2, -0.15) is 13.2 Å². The van der Waals surface area contributed by atoms with Crippen LogP contribution in [0.4, 0.5) is 18.9 Å². The molecule has 0 bridgehead atoms. The molecule has 2 nitrogen and oxygen atoms in total. The maximum Gasteiger partial charge on any atom is 0.416 e. The van der Waals surface area contributed by atoms with Gasteiger partial charge in [0.15, 0.2) is 0 Å². The Bertz CT molecular complexity index is 390. The molecule has 5 heteroatoms. The van der Waals surface area contributed by atoms with Crippen LogP contribution in [0.1, 0.15) is 12.5 Å². The van der Waals surface area contributed by atoms with E-state index in [2.05, 4.69) is 5.32 Å². The highest BCUT2D eigenvalue weighted by Gasteiger charge is 2.31. The van der Waals surface area contributed by atoms with Gasteiger partial charge in [0.2, 0.25) is 0 Å². The maximum atomic E-state index is 12.6. The normalized spacial score (nSPS) is 21.6. The molecule has 1 saturated heterocycles. The molecule has 0 spiro atoms. The monoisotopic (exact) mass is 244 g/mol. The van der Waals surface area contributed by atoms with Gasteiger partial charge in [0, 0.05) is 31.4 Å². The summed E-state index contributed by atoms with van der Waals surface area (Å²) in [5, 5.41) is 3.22. The lowest BCUT2D eigenvalue weighted by molar-refractivity contribution is -0.137. The third kappa shape index (κ3) is 2.72. The zero-order valence-corrected chi connectivity index (χ0v) is 9.59. The van der Waals surface area contributed by atoms with Crippen molar-refractivity contribution >= 4 is 5.69 Å². The van der Waals surface area contributed by atoms with Crippen molar-refractivity contribution in [1.29, 1.82) is 0 Å². The smallest absolute Gasteiger partial charge is 0.366 e. The summed E-state index contributed by atoms with van der Waals surface area (Å²) in [6, 6.07) is 5.74. The third-order valence-corrected chi connectivity index (χ3v) is 3.01. The molecule has 1 aromatic rings. The topological polar surface area (TPSA) is 15.3 Å². The fourth-order valence-electron chi connectivity index (χ4n) is 2.09. The lowest BCUT2D eigenvalue weighted by Gasteiger charge is -2.36. The molecule has 1 aromatic carbocycles. The first-order valence-electron chi connectivity index (χ1n) is 5.63. The number of piperazine rings is 1. The van der Waals surface area contributed by atoms with Gasteiger partial charge >= 0.3 is 6.18 Å². The molecular formula is C12H15F3N2. The Balaban J connectivity index is 2.26. The summed E-state index contributed by atoms with van der Waals surface area (Å²) in [6.45, 7) is 4.35. The molecule has 0 saturated carbocycles. The van der Waals surface area contributed by atoms with Gasteiger partial charge < -0.3 is 10.2 Å². The first kappa shape index (κ1) is 12.2. The quantitative estimate of drug-likeness (QED) is 0.816. The minimum atomic E-state index is -4.27. The van der Waals surface area contributed by atoms with Gasteiger partial charge in [0.1, 0.15) is 0 Å². The SMILES string of the molecule is CC1CNCCN1c1cccc(C(F)(F)F)c1. The van der Waals surface area contributed by atoms with Crippen molar-refractivity contribution in [3.8, 4) is 0 Å². The Kier molecular flexibility index (Phi) is 3.28. The molecule has 17 heavy (non-hydrogen) atoms. The number of benzene rings is 1. The van der Waals surface area contributed by atoms with E-state index in [1.807, 2.05) is 11.8 Å². The summed E-state index contributed by atoms with van der Waals surface area (Å²) in [7, 11) is 0. The van der Waals surface area contributed by atoms with Crippen LogP contribution in [0.3, 0.4) is 0 Å². The second kappa shape index (κ2) is 4.56. The number of hydrogen-bond acceptors (Lipinski definition) is 2. The first-order chi connectivity index (χ1) is 7.98. The second-order valence-electron chi connectivity index (χ2n) is 4.29. The Hall–Kier alpha value is -1.23. The van der Waals surface area contributed by atoms with Gasteiger partial charge in [-0.3, -0.25) is 0 Å². The molecular weight excluding hydrogens is 229 g/mol. The highest BCUT2D eigenvalue weighted by molar-refractivity contribution is 5.50. The molecule has 2 rings (SSSR count). The van der Waals surface area contributed by atoms with Crippen molar-refractivity contribution < 1.29 is 13.2 Å². The van der Waals surface area contributed by atoms with Crippen molar-refractivity contribution in [3.05, 3.63) is 29.8 Å². The van der Waals surface area contributed by atoms with E-state index >= 15 is 0 Å². The number of nitrogens with one attached hydrogen (secondary N) is 1. The van der Waals surface area contributed by atoms with E-state index in [1.54, 1.807) is 6.07 Å². The molecule has 94 valence electrons. The molecule has 1 atom stereocenters. The predicted octanol–water partition coefficient (Wildman–Crippen LogP) is 2.50. The highest BCUT2D eigenvalue weighted by Crippen LogP contribution is 2.32. The molecule has 1 unspecified atom stereocenters. The summed E-state index contributed by atoms with van der Waals surface area (Å²) < 4.78 is 37.8. The largest absolute Gasteiger partial charge is 0.416 e. The van der Waals surface area contributed by atoms with E-state index in [0.717, 1.165) is 25.7 Å². The average Bonchev–Trinajstić information content (AvgIpc) is 2.29. The van der Waals surface area contributed by atoms with Crippen LogP contribution in [-0.4, -0.2) is 25.7 Å². The van der Waals surface area contributed by atoms with Gasteiger partial charge in [-0.1, -0.05) is 6.07 Å². The van der Waals surface area contributed by atoms with Crippen LogP contribution in [0, 0.1) is 0 Å². The van der Waals surface area contributed by atoms with Crippen LogP contribution in [0.2, 0.25) is 0 Å². The number of rotatable bonds is 1. The van der Waals surface area contributed by atoms with Crippen molar-refractivity contribution in [2.24, 2.45) is 0 Å². The summed E-state index contributed by atoms with van der Waals surface area (Å²) in [4.78, 5) is 2.01. The average molecular weight is 244 g/mol. The molecule has 0 aliphatic carbocycles. The van der Waals surface area contributed by atoms with E-state index in [0.29, 0.717) is 5.69 Å². The van der Waals surface area contributed by atoms with Gasteiger partial charge in [-0.05, 0) is 25.1 Å². The predicted molar refractivity (Wildman–Crippen MR) is 61.1 cm³/mol. The summed E-state index contributed by atoms with van der Waals surface area (Å²) in [6.07, 6.45) is -4.27. The van der Waals surface area contributed by atoms with E-state index in [9.17, 15) is 13.2 Å². The van der Waals surface area contributed by atoms with Crippen LogP contribution >= 0.6 is 0 Å². The molecule has 0 aromatic heterocycles. The highest BCUT2D eigenvalue weighted by atomic mass is 19.4. The minimum Gasteiger partial charge on any atom is -0.366 e. The Morgan fingerprint density at radius 1 is 1.35 bits per heavy atom. The van der Waals surface area contributed by atoms with Gasteiger partial charge in [0.05, 0.1) is 5.56 Å². The van der Waals surface area contributed by atoms with E-state index in [4.69, 9.17) is 0 Å². The summed E-state index contributed by atoms with van der Waals surface area (Å²) in [5.74, 6) is 0. The Morgan fingerprint density at radius 3 is 2.76 bits per heavy atom. The van der Waals surface area contributed by atoms with Crippen molar-refractivity contribution in [2.45, 2.75) is 19.1 Å². The van der Waals surface area contributed by atoms with Crippen molar-refractivity contribution in [1.82, 2.24) is 5.32 Å². The van der Waals surface area contributed by atoms with Crippen molar-refractivity contribution in [3.63, 3.8) is 0 Å². The standard InChI is InChI=1S/C12H15F3N2/c1-9-8-16-5-6-17(9)11-4-2-3-10(7-11)12(13,14)15/h2-4,7,9,16H,5-6,8H2,1H3. The second-order valence-corrected chi connectivity index (χ2v) is 4.29. The van der Waals surface area contributed by atoms with Gasteiger partial charge in [-0.25, -0.2) is 0 Å². The van der Waals surface area contributed by atoms with Crippen LogP contribution in [-0.2, 0) is 6.18 Å². The van der Waals surface area contributed by atoms with Crippen LogP contribution in [0.15, 0.2) is 24.3 Å². The molecule has 1 fully saturated rings. The van der Waals surface area contributed by atoms with E-state index in [1.165, 1.54) is 12.1 Å². The lowest BCUT2D eigenvalue weighted by Crippen LogP contribution is -2.49. The molecule has 1 N–H and O–H groups in total. The van der Waals surface area contributed by atoms with Crippen LogP contribution in [0.5, 0.6) is 0 Å². The third-order valence-electron chi connectivity index (χ3n) is 3.01. The number of hydrogen-bond donors (Lipinski definition) is 1. The Labute approximate surface area is 98.4 Å². The van der Waals surface area contributed by atoms with E-state index in [-0.39, 0.29) is 6.04 Å². The molecule has 1 heterocycles. The zero-order valence-electron chi connectivity index (χ0n) is 9.59. The first-order valence-corrected chi connectivity index (χ1v) is 5.63. The lowest BCUT2D eigenvalue weighted by atomic mass is 10.1. The number of halogens is 3. The van der Waals surface area contributed by atoms with Crippen LogP contribution in [0.25, 0.3) is 0 Å². The zero-order chi connectivity index (χ0) is 12.5. The van der Waals surface area contributed by atoms with E-state index < -0.39 is 11.7 Å². The molecule has 0 radical (unpaired) electrons. The fourth-order valence-corrected chi connectivity index (χ4v) is 2.09. The molecule has 1 aliphatic heterocycles. The fraction of sp³-hybridized carbons (Fsp3) is 0.500. The minimum absolute atomic E-state index is 0.215. The number of anilines is 1. The summed E-state index contributed by atoms with van der Waals surface area (Å²) in [5.41, 5.74) is 0.0644. The maximum absolute atomic E-state index is 12.6. The number of nitrogens with zero attached hydrogens (tertiary/aromatic N) is 1. The summed E-state index contributed by atoms with van der Waals surface area (Å²) >= 11 is 0. The molecule has 0 amide bonds. The number of alkyl halides is 3. The molecule has 1 aliphatic rings. The van der Waals surface area contributed by atoms with Gasteiger partial charge in [-0.15, -0.1) is 0 Å². The Morgan fingerprint density at radius 2 is 2.12 bits per heavy atom. The van der Waals surface area contributed by atoms with Crippen LogP contribution < -0.4 is 10.2 Å².